The van der Waals surface area contributed by atoms with Crippen molar-refractivity contribution in [2.75, 3.05) is 31.2 Å². The number of fused-ring (bicyclic) bond motifs is 1. The summed E-state index contributed by atoms with van der Waals surface area (Å²) in [7, 11) is 0. The number of hydrogen-bond acceptors (Lipinski definition) is 5. The highest BCUT2D eigenvalue weighted by atomic mass is 16.5. The Bertz CT molecular complexity index is 685. The van der Waals surface area contributed by atoms with Crippen molar-refractivity contribution < 1.29 is 23.9 Å². The average molecular weight is 374 g/mol. The summed E-state index contributed by atoms with van der Waals surface area (Å²) >= 11 is 0. The zero-order chi connectivity index (χ0) is 19.1. The Morgan fingerprint density at radius 3 is 2.78 bits per heavy atom. The lowest BCUT2D eigenvalue weighted by molar-refractivity contribution is -0.148. The monoisotopic (exact) mass is 374 g/mol. The maximum atomic E-state index is 12.1. The first kappa shape index (κ1) is 19.2. The minimum absolute atomic E-state index is 0.0238. The smallest absolute Gasteiger partial charge is 0.308 e. The van der Waals surface area contributed by atoms with Crippen molar-refractivity contribution in [1.29, 1.82) is 0 Å². The number of hydrogen-bond donors (Lipinski definition) is 1. The van der Waals surface area contributed by atoms with Crippen LogP contribution in [0.15, 0.2) is 24.3 Å². The van der Waals surface area contributed by atoms with E-state index < -0.39 is 5.97 Å². The van der Waals surface area contributed by atoms with Crippen LogP contribution in [0.1, 0.15) is 38.5 Å². The van der Waals surface area contributed by atoms with Crippen LogP contribution in [0.5, 0.6) is 5.75 Å². The second-order valence-corrected chi connectivity index (χ2v) is 7.02. The van der Waals surface area contributed by atoms with Gasteiger partial charge < -0.3 is 19.7 Å². The van der Waals surface area contributed by atoms with E-state index in [9.17, 15) is 14.4 Å². The third kappa shape index (κ3) is 5.45. The first-order chi connectivity index (χ1) is 13.1. The molecule has 0 atom stereocenters. The molecule has 27 heavy (non-hydrogen) atoms. The third-order valence-corrected chi connectivity index (χ3v) is 5.02. The van der Waals surface area contributed by atoms with Gasteiger partial charge in [0.25, 0.3) is 11.8 Å². The molecule has 1 fully saturated rings. The molecule has 1 aromatic rings. The molecule has 0 spiro atoms. The van der Waals surface area contributed by atoms with Crippen molar-refractivity contribution >= 4 is 23.5 Å². The fraction of sp³-hybridized carbons (Fsp3) is 0.550. The fourth-order valence-corrected chi connectivity index (χ4v) is 3.52. The molecular weight excluding hydrogens is 348 g/mol. The van der Waals surface area contributed by atoms with Crippen LogP contribution in [0.3, 0.4) is 0 Å². The van der Waals surface area contributed by atoms with Gasteiger partial charge in [0.1, 0.15) is 5.75 Å². The molecule has 0 unspecified atom stereocenters. The Labute approximate surface area is 159 Å². The number of anilines is 1. The van der Waals surface area contributed by atoms with Crippen LogP contribution in [-0.2, 0) is 19.1 Å². The molecule has 1 aliphatic heterocycles. The first-order valence-corrected chi connectivity index (χ1v) is 9.58. The Hall–Kier alpha value is -2.57. The van der Waals surface area contributed by atoms with Crippen molar-refractivity contribution in [2.24, 2.45) is 5.92 Å². The zero-order valence-electron chi connectivity index (χ0n) is 15.4. The second-order valence-electron chi connectivity index (χ2n) is 7.02. The molecule has 3 rings (SSSR count). The minimum Gasteiger partial charge on any atom is -0.482 e. The Kier molecular flexibility index (Phi) is 6.68. The molecule has 2 amide bonds. The molecule has 7 nitrogen and oxygen atoms in total. The summed E-state index contributed by atoms with van der Waals surface area (Å²) in [5.41, 5.74) is 0.645. The highest BCUT2D eigenvalue weighted by Crippen LogP contribution is 2.31. The van der Waals surface area contributed by atoms with Crippen LogP contribution in [0.2, 0.25) is 0 Å². The van der Waals surface area contributed by atoms with Crippen LogP contribution in [0, 0.1) is 5.92 Å². The summed E-state index contributed by atoms with van der Waals surface area (Å²) in [5, 5.41) is 2.84. The van der Waals surface area contributed by atoms with Gasteiger partial charge in [-0.05, 0) is 30.9 Å². The van der Waals surface area contributed by atoms with E-state index in [1.54, 1.807) is 12.1 Å². The topological polar surface area (TPSA) is 84.9 Å². The lowest BCUT2D eigenvalue weighted by Crippen LogP contribution is -2.40. The van der Waals surface area contributed by atoms with Gasteiger partial charge in [0.15, 0.2) is 13.2 Å². The molecule has 146 valence electrons. The van der Waals surface area contributed by atoms with Crippen LogP contribution < -0.4 is 15.0 Å². The van der Waals surface area contributed by atoms with Crippen molar-refractivity contribution in [1.82, 2.24) is 5.32 Å². The summed E-state index contributed by atoms with van der Waals surface area (Å²) in [6, 6.07) is 7.19. The number of para-hydroxylation sites is 2. The molecule has 0 saturated heterocycles. The lowest BCUT2D eigenvalue weighted by Gasteiger charge is -2.28. The van der Waals surface area contributed by atoms with Crippen molar-refractivity contribution in [2.45, 2.75) is 38.5 Å². The van der Waals surface area contributed by atoms with E-state index in [1.807, 2.05) is 12.1 Å². The van der Waals surface area contributed by atoms with E-state index >= 15 is 0 Å². The molecule has 0 aromatic heterocycles. The summed E-state index contributed by atoms with van der Waals surface area (Å²) in [6.45, 7) is 0.520. The predicted molar refractivity (Wildman–Crippen MR) is 99.5 cm³/mol. The van der Waals surface area contributed by atoms with Crippen molar-refractivity contribution in [3.05, 3.63) is 24.3 Å². The van der Waals surface area contributed by atoms with E-state index in [0.29, 0.717) is 23.9 Å². The number of esters is 1. The van der Waals surface area contributed by atoms with Gasteiger partial charge in [-0.3, -0.25) is 14.4 Å². The summed E-state index contributed by atoms with van der Waals surface area (Å²) in [4.78, 5) is 37.4. The second kappa shape index (κ2) is 9.39. The molecule has 1 heterocycles. The summed E-state index contributed by atoms with van der Waals surface area (Å²) in [6.07, 6.45) is 6.04. The van der Waals surface area contributed by atoms with Crippen LogP contribution in [0.25, 0.3) is 0 Å². The number of carbonyl (C=O) groups is 3. The molecule has 1 aliphatic carbocycles. The number of amides is 2. The van der Waals surface area contributed by atoms with E-state index in [1.165, 1.54) is 24.2 Å². The van der Waals surface area contributed by atoms with E-state index in [4.69, 9.17) is 9.47 Å². The Morgan fingerprint density at radius 1 is 1.19 bits per heavy atom. The van der Waals surface area contributed by atoms with Gasteiger partial charge >= 0.3 is 5.97 Å². The average Bonchev–Trinajstić information content (AvgIpc) is 2.70. The van der Waals surface area contributed by atoms with Gasteiger partial charge in [-0.25, -0.2) is 0 Å². The molecule has 0 radical (unpaired) electrons. The molecular formula is C20H26N2O5. The van der Waals surface area contributed by atoms with Crippen molar-refractivity contribution in [3.8, 4) is 5.75 Å². The number of carbonyl (C=O) groups excluding carboxylic acids is 3. The largest absolute Gasteiger partial charge is 0.482 e. The SMILES string of the molecule is O=C(COC(=O)CCN1C(=O)COc2ccccc21)NCC1CCCCC1. The number of rotatable bonds is 7. The molecule has 1 saturated carbocycles. The maximum absolute atomic E-state index is 12.1. The summed E-state index contributed by atoms with van der Waals surface area (Å²) < 4.78 is 10.4. The standard InChI is InChI=1S/C20H26N2O5/c23-18(21-12-15-6-2-1-3-7-15)13-27-20(25)10-11-22-16-8-4-5-9-17(16)26-14-19(22)24/h4-5,8-9,15H,1-3,6-7,10-14H2,(H,21,23). The van der Waals surface area contributed by atoms with Gasteiger partial charge in [-0.15, -0.1) is 0 Å². The normalized spacial score (nSPS) is 17.0. The van der Waals surface area contributed by atoms with Gasteiger partial charge in [0, 0.05) is 13.1 Å². The number of ether oxygens (including phenoxy) is 2. The number of nitrogens with one attached hydrogen (secondary N) is 1. The van der Waals surface area contributed by atoms with E-state index in [2.05, 4.69) is 5.32 Å². The molecule has 7 heteroatoms. The maximum Gasteiger partial charge on any atom is 0.308 e. The number of nitrogens with zero attached hydrogens (tertiary/aromatic N) is 1. The van der Waals surface area contributed by atoms with Crippen LogP contribution >= 0.6 is 0 Å². The minimum atomic E-state index is -0.500. The predicted octanol–water partition coefficient (Wildman–Crippen LogP) is 2.04. The number of benzene rings is 1. The van der Waals surface area contributed by atoms with Crippen LogP contribution in [-0.4, -0.2) is 44.1 Å². The molecule has 2 aliphatic rings. The first-order valence-electron chi connectivity index (χ1n) is 9.58. The fourth-order valence-electron chi connectivity index (χ4n) is 3.52. The lowest BCUT2D eigenvalue weighted by atomic mass is 9.89. The quantitative estimate of drug-likeness (QED) is 0.739. The van der Waals surface area contributed by atoms with Crippen molar-refractivity contribution in [3.63, 3.8) is 0 Å². The van der Waals surface area contributed by atoms with E-state index in [-0.39, 0.29) is 38.0 Å². The van der Waals surface area contributed by atoms with E-state index in [0.717, 1.165) is 12.8 Å². The van der Waals surface area contributed by atoms with Gasteiger partial charge in [-0.2, -0.15) is 0 Å². The highest BCUT2D eigenvalue weighted by molar-refractivity contribution is 5.98. The zero-order valence-corrected chi connectivity index (χ0v) is 15.4. The molecule has 1 aromatic carbocycles. The van der Waals surface area contributed by atoms with Gasteiger partial charge in [0.05, 0.1) is 12.1 Å². The third-order valence-electron chi connectivity index (χ3n) is 5.02. The van der Waals surface area contributed by atoms with Gasteiger partial charge in [0.2, 0.25) is 0 Å². The Balaban J connectivity index is 1.38. The molecule has 0 bridgehead atoms. The van der Waals surface area contributed by atoms with Crippen LogP contribution in [0.4, 0.5) is 5.69 Å². The summed E-state index contributed by atoms with van der Waals surface area (Å²) in [5.74, 6) is 0.173. The Morgan fingerprint density at radius 2 is 1.96 bits per heavy atom. The highest BCUT2D eigenvalue weighted by Gasteiger charge is 2.25. The molecule has 1 N–H and O–H groups in total. The van der Waals surface area contributed by atoms with Gasteiger partial charge in [-0.1, -0.05) is 31.4 Å².